The van der Waals surface area contributed by atoms with Crippen molar-refractivity contribution >= 4 is 11.6 Å². The average molecular weight is 206 g/mol. The van der Waals surface area contributed by atoms with Crippen LogP contribution in [0.2, 0.25) is 0 Å². The van der Waals surface area contributed by atoms with Crippen LogP contribution in [-0.4, -0.2) is 11.6 Å². The first kappa shape index (κ1) is 11.9. The fourth-order valence-corrected chi connectivity index (χ4v) is 2.12. The van der Waals surface area contributed by atoms with E-state index in [1.54, 1.807) is 13.0 Å². The van der Waals surface area contributed by atoms with Crippen LogP contribution in [0.3, 0.4) is 0 Å². The predicted octanol–water partition coefficient (Wildman–Crippen LogP) is 2.84. The minimum atomic E-state index is -0.134. The van der Waals surface area contributed by atoms with E-state index in [0.717, 1.165) is 11.1 Å². The topological polar surface area (TPSA) is 34.1 Å². The minimum Gasteiger partial charge on any atom is -0.300 e. The van der Waals surface area contributed by atoms with Crippen LogP contribution in [0.5, 0.6) is 0 Å². The van der Waals surface area contributed by atoms with Crippen molar-refractivity contribution in [3.05, 3.63) is 23.3 Å². The van der Waals surface area contributed by atoms with Crippen molar-refractivity contribution in [3.63, 3.8) is 0 Å². The Kier molecular flexibility index (Phi) is 3.28. The summed E-state index contributed by atoms with van der Waals surface area (Å²) in [5.41, 5.74) is 2.00. The predicted molar refractivity (Wildman–Crippen MR) is 60.5 cm³/mol. The Morgan fingerprint density at radius 2 is 2.13 bits per heavy atom. The zero-order chi connectivity index (χ0) is 11.6. The van der Waals surface area contributed by atoms with Crippen molar-refractivity contribution in [1.29, 1.82) is 0 Å². The molecule has 1 rings (SSSR count). The SMILES string of the molecule is CC(=O)CC=C1C(C)=CC(=O)CC1(C)C. The molecule has 0 radical (unpaired) electrons. The average Bonchev–Trinajstić information content (AvgIpc) is 1.98. The summed E-state index contributed by atoms with van der Waals surface area (Å²) in [5, 5.41) is 0. The van der Waals surface area contributed by atoms with Crippen LogP contribution >= 0.6 is 0 Å². The van der Waals surface area contributed by atoms with Gasteiger partial charge >= 0.3 is 0 Å². The van der Waals surface area contributed by atoms with E-state index in [1.165, 1.54) is 0 Å². The number of hydrogen-bond donors (Lipinski definition) is 0. The molecule has 0 saturated heterocycles. The van der Waals surface area contributed by atoms with Gasteiger partial charge < -0.3 is 0 Å². The lowest BCUT2D eigenvalue weighted by atomic mass is 9.72. The van der Waals surface area contributed by atoms with Crippen LogP contribution in [0.1, 0.15) is 40.5 Å². The van der Waals surface area contributed by atoms with Gasteiger partial charge in [0.25, 0.3) is 0 Å². The molecule has 0 aromatic heterocycles. The second kappa shape index (κ2) is 4.13. The van der Waals surface area contributed by atoms with Crippen molar-refractivity contribution in [1.82, 2.24) is 0 Å². The molecular formula is C13H18O2. The summed E-state index contributed by atoms with van der Waals surface area (Å²) in [4.78, 5) is 22.3. The molecule has 0 N–H and O–H groups in total. The molecule has 1 aliphatic rings. The zero-order valence-electron chi connectivity index (χ0n) is 9.89. The molecular weight excluding hydrogens is 188 g/mol. The summed E-state index contributed by atoms with van der Waals surface area (Å²) < 4.78 is 0. The van der Waals surface area contributed by atoms with Gasteiger partial charge in [-0.3, -0.25) is 9.59 Å². The summed E-state index contributed by atoms with van der Waals surface area (Å²) in [6, 6.07) is 0. The maximum Gasteiger partial charge on any atom is 0.156 e. The zero-order valence-corrected chi connectivity index (χ0v) is 9.89. The van der Waals surface area contributed by atoms with Gasteiger partial charge in [0.2, 0.25) is 0 Å². The molecule has 0 amide bonds. The van der Waals surface area contributed by atoms with Crippen LogP contribution < -0.4 is 0 Å². The van der Waals surface area contributed by atoms with Gasteiger partial charge in [-0.15, -0.1) is 0 Å². The van der Waals surface area contributed by atoms with Crippen LogP contribution in [-0.2, 0) is 9.59 Å². The molecule has 0 fully saturated rings. The first-order valence-corrected chi connectivity index (χ1v) is 5.24. The lowest BCUT2D eigenvalue weighted by Gasteiger charge is -2.31. The van der Waals surface area contributed by atoms with Crippen molar-refractivity contribution in [2.45, 2.75) is 40.5 Å². The van der Waals surface area contributed by atoms with E-state index in [1.807, 2.05) is 26.8 Å². The Morgan fingerprint density at radius 3 is 2.60 bits per heavy atom. The summed E-state index contributed by atoms with van der Waals surface area (Å²) >= 11 is 0. The van der Waals surface area contributed by atoms with Gasteiger partial charge in [0.1, 0.15) is 5.78 Å². The largest absolute Gasteiger partial charge is 0.300 e. The van der Waals surface area contributed by atoms with Crippen molar-refractivity contribution in [2.75, 3.05) is 0 Å². The number of ketones is 2. The van der Waals surface area contributed by atoms with Crippen LogP contribution in [0.25, 0.3) is 0 Å². The molecule has 2 heteroatoms. The minimum absolute atomic E-state index is 0.134. The second-order valence-corrected chi connectivity index (χ2v) is 4.88. The van der Waals surface area contributed by atoms with Crippen LogP contribution in [0, 0.1) is 5.41 Å². The van der Waals surface area contributed by atoms with E-state index in [-0.39, 0.29) is 17.0 Å². The molecule has 0 atom stereocenters. The van der Waals surface area contributed by atoms with Crippen molar-refractivity contribution < 1.29 is 9.59 Å². The Hall–Kier alpha value is -1.18. The number of rotatable bonds is 2. The van der Waals surface area contributed by atoms with E-state index in [9.17, 15) is 9.59 Å². The van der Waals surface area contributed by atoms with Gasteiger partial charge in [-0.2, -0.15) is 0 Å². The van der Waals surface area contributed by atoms with E-state index in [2.05, 4.69) is 0 Å². The highest BCUT2D eigenvalue weighted by Gasteiger charge is 2.30. The molecule has 1 aliphatic carbocycles. The third-order valence-electron chi connectivity index (χ3n) is 2.74. The quantitative estimate of drug-likeness (QED) is 0.696. The van der Waals surface area contributed by atoms with E-state index in [0.29, 0.717) is 12.8 Å². The highest BCUT2D eigenvalue weighted by Crippen LogP contribution is 2.39. The molecule has 82 valence electrons. The Balaban J connectivity index is 3.03. The Labute approximate surface area is 91.1 Å². The van der Waals surface area contributed by atoms with Crippen LogP contribution in [0.4, 0.5) is 0 Å². The molecule has 0 spiro atoms. The van der Waals surface area contributed by atoms with E-state index < -0.39 is 0 Å². The highest BCUT2D eigenvalue weighted by molar-refractivity contribution is 5.93. The fraction of sp³-hybridized carbons (Fsp3) is 0.538. The molecule has 0 aromatic carbocycles. The third-order valence-corrected chi connectivity index (χ3v) is 2.74. The van der Waals surface area contributed by atoms with Crippen molar-refractivity contribution in [3.8, 4) is 0 Å². The summed E-state index contributed by atoms with van der Waals surface area (Å²) in [7, 11) is 0. The number of Topliss-reactive ketones (excluding diaryl/α,β-unsaturated/α-hetero) is 1. The van der Waals surface area contributed by atoms with Gasteiger partial charge in [-0.25, -0.2) is 0 Å². The van der Waals surface area contributed by atoms with Gasteiger partial charge in [0, 0.05) is 12.8 Å². The number of hydrogen-bond acceptors (Lipinski definition) is 2. The fourth-order valence-electron chi connectivity index (χ4n) is 2.12. The maximum atomic E-state index is 11.4. The molecule has 0 saturated carbocycles. The lowest BCUT2D eigenvalue weighted by molar-refractivity contribution is -0.116. The van der Waals surface area contributed by atoms with Crippen molar-refractivity contribution in [2.24, 2.45) is 5.41 Å². The first-order chi connectivity index (χ1) is 6.83. The molecule has 0 heterocycles. The number of carbonyl (C=O) groups is 2. The van der Waals surface area contributed by atoms with E-state index in [4.69, 9.17) is 0 Å². The van der Waals surface area contributed by atoms with Gasteiger partial charge in [0.05, 0.1) is 0 Å². The maximum absolute atomic E-state index is 11.4. The van der Waals surface area contributed by atoms with Gasteiger partial charge in [-0.1, -0.05) is 19.9 Å². The lowest BCUT2D eigenvalue weighted by Crippen LogP contribution is -2.24. The Morgan fingerprint density at radius 1 is 1.53 bits per heavy atom. The first-order valence-electron chi connectivity index (χ1n) is 5.24. The summed E-state index contributed by atoms with van der Waals surface area (Å²) in [5.74, 6) is 0.334. The molecule has 0 aromatic rings. The monoisotopic (exact) mass is 206 g/mol. The summed E-state index contributed by atoms with van der Waals surface area (Å²) in [6.07, 6.45) is 4.63. The second-order valence-electron chi connectivity index (χ2n) is 4.88. The standard InChI is InChI=1S/C13H18O2/c1-9-7-11(15)8-13(3,4)12(9)6-5-10(2)14/h6-7H,5,8H2,1-4H3. The van der Waals surface area contributed by atoms with Gasteiger partial charge in [0.15, 0.2) is 5.78 Å². The molecule has 2 nitrogen and oxygen atoms in total. The Bertz CT molecular complexity index is 357. The normalized spacial score (nSPS) is 22.8. The van der Waals surface area contributed by atoms with Crippen LogP contribution in [0.15, 0.2) is 23.3 Å². The highest BCUT2D eigenvalue weighted by atomic mass is 16.1. The van der Waals surface area contributed by atoms with E-state index >= 15 is 0 Å². The molecule has 15 heavy (non-hydrogen) atoms. The number of allylic oxidation sites excluding steroid dienone is 4. The smallest absolute Gasteiger partial charge is 0.156 e. The molecule has 0 bridgehead atoms. The third kappa shape index (κ3) is 2.88. The van der Waals surface area contributed by atoms with Gasteiger partial charge in [-0.05, 0) is 36.5 Å². The number of carbonyl (C=O) groups excluding carboxylic acids is 2. The molecule has 0 unspecified atom stereocenters. The summed E-state index contributed by atoms with van der Waals surface area (Å²) in [6.45, 7) is 7.61. The molecule has 0 aliphatic heterocycles.